The maximum absolute atomic E-state index is 12.1. The Morgan fingerprint density at radius 2 is 2.00 bits per heavy atom. The Balaban J connectivity index is 2.63. The number of furan rings is 1. The molecule has 1 unspecified atom stereocenters. The fourth-order valence-corrected chi connectivity index (χ4v) is 2.12. The first-order valence-corrected chi connectivity index (χ1v) is 6.20. The maximum atomic E-state index is 12.1. The van der Waals surface area contributed by atoms with Crippen LogP contribution in [0.25, 0.3) is 0 Å². The predicted octanol–water partition coefficient (Wildman–Crippen LogP) is 4.28. The molecule has 0 aliphatic carbocycles. The Hall–Kier alpha value is -0.970. The Morgan fingerprint density at radius 1 is 1.33 bits per heavy atom. The minimum atomic E-state index is -4.07. The summed E-state index contributed by atoms with van der Waals surface area (Å²) in [5, 5.41) is 3.21. The Labute approximate surface area is 106 Å². The molecule has 0 aromatic carbocycles. The highest BCUT2D eigenvalue weighted by atomic mass is 19.4. The lowest BCUT2D eigenvalue weighted by Crippen LogP contribution is -2.21. The van der Waals surface area contributed by atoms with Crippen LogP contribution in [0.1, 0.15) is 49.3 Å². The molecule has 1 atom stereocenters. The number of aryl methyl sites for hydroxylation is 2. The molecule has 0 amide bonds. The number of rotatable bonds is 6. The standard InChI is InChI=1S/C13H20F3NO/c1-4-17-12(6-5-7-13(14,15)16)11-8-9(2)18-10(11)3/h8,12,17H,4-7H2,1-3H3. The predicted molar refractivity (Wildman–Crippen MR) is 64.5 cm³/mol. The highest BCUT2D eigenvalue weighted by Gasteiger charge is 2.27. The Kier molecular flexibility index (Phi) is 5.26. The molecule has 0 saturated carbocycles. The van der Waals surface area contributed by atoms with Gasteiger partial charge in [-0.3, -0.25) is 0 Å². The van der Waals surface area contributed by atoms with E-state index >= 15 is 0 Å². The van der Waals surface area contributed by atoms with E-state index in [0.29, 0.717) is 6.42 Å². The van der Waals surface area contributed by atoms with Gasteiger partial charge in [0.2, 0.25) is 0 Å². The van der Waals surface area contributed by atoms with Crippen molar-refractivity contribution in [2.24, 2.45) is 0 Å². The molecule has 5 heteroatoms. The third-order valence-corrected chi connectivity index (χ3v) is 2.86. The molecule has 1 rings (SSSR count). The SMILES string of the molecule is CCNC(CCCC(F)(F)F)c1cc(C)oc1C. The number of nitrogens with one attached hydrogen (secondary N) is 1. The van der Waals surface area contributed by atoms with Gasteiger partial charge in [-0.15, -0.1) is 0 Å². The number of hydrogen-bond acceptors (Lipinski definition) is 2. The van der Waals surface area contributed by atoms with Gasteiger partial charge in [0.25, 0.3) is 0 Å². The van der Waals surface area contributed by atoms with Gasteiger partial charge in [0.15, 0.2) is 0 Å². The van der Waals surface area contributed by atoms with Crippen molar-refractivity contribution < 1.29 is 17.6 Å². The summed E-state index contributed by atoms with van der Waals surface area (Å²) in [5.41, 5.74) is 0.969. The number of alkyl halides is 3. The van der Waals surface area contributed by atoms with E-state index in [9.17, 15) is 13.2 Å². The molecule has 1 aromatic rings. The fraction of sp³-hybridized carbons (Fsp3) is 0.692. The summed E-state index contributed by atoms with van der Waals surface area (Å²) in [5.74, 6) is 1.58. The molecule has 1 N–H and O–H groups in total. The van der Waals surface area contributed by atoms with Crippen molar-refractivity contribution in [3.63, 3.8) is 0 Å². The lowest BCUT2D eigenvalue weighted by atomic mass is 10.0. The van der Waals surface area contributed by atoms with Gasteiger partial charge in [-0.25, -0.2) is 0 Å². The number of hydrogen-bond donors (Lipinski definition) is 1. The molecule has 0 fully saturated rings. The Morgan fingerprint density at radius 3 is 2.44 bits per heavy atom. The lowest BCUT2D eigenvalue weighted by molar-refractivity contribution is -0.135. The quantitative estimate of drug-likeness (QED) is 0.828. The van der Waals surface area contributed by atoms with Crippen molar-refractivity contribution in [3.05, 3.63) is 23.2 Å². The topological polar surface area (TPSA) is 25.2 Å². The largest absolute Gasteiger partial charge is 0.466 e. The first-order valence-electron chi connectivity index (χ1n) is 6.20. The van der Waals surface area contributed by atoms with Crippen molar-refractivity contribution in [1.82, 2.24) is 5.32 Å². The van der Waals surface area contributed by atoms with Gasteiger partial charge in [-0.2, -0.15) is 13.2 Å². The van der Waals surface area contributed by atoms with E-state index in [1.165, 1.54) is 0 Å². The molecule has 1 heterocycles. The van der Waals surface area contributed by atoms with Gasteiger partial charge in [0.1, 0.15) is 11.5 Å². The van der Waals surface area contributed by atoms with Crippen LogP contribution in [0.5, 0.6) is 0 Å². The molecular weight excluding hydrogens is 243 g/mol. The summed E-state index contributed by atoms with van der Waals surface area (Å²) in [6.45, 7) is 6.35. The molecule has 1 aromatic heterocycles. The van der Waals surface area contributed by atoms with Gasteiger partial charge in [-0.1, -0.05) is 6.92 Å². The summed E-state index contributed by atoms with van der Waals surface area (Å²) in [7, 11) is 0. The zero-order chi connectivity index (χ0) is 13.8. The van der Waals surface area contributed by atoms with Crippen LogP contribution in [0.4, 0.5) is 13.2 Å². The molecule has 0 bridgehead atoms. The van der Waals surface area contributed by atoms with Gasteiger partial charge in [0.05, 0.1) is 0 Å². The smallest absolute Gasteiger partial charge is 0.389 e. The molecule has 18 heavy (non-hydrogen) atoms. The molecule has 0 spiro atoms. The minimum absolute atomic E-state index is 0.0604. The first kappa shape index (κ1) is 15.1. The van der Waals surface area contributed by atoms with Crippen LogP contribution in [-0.4, -0.2) is 12.7 Å². The van der Waals surface area contributed by atoms with Crippen LogP contribution in [0.15, 0.2) is 10.5 Å². The summed E-state index contributed by atoms with van der Waals surface area (Å²) in [6.07, 6.45) is -4.21. The lowest BCUT2D eigenvalue weighted by Gasteiger charge is -2.17. The van der Waals surface area contributed by atoms with E-state index in [1.807, 2.05) is 26.8 Å². The van der Waals surface area contributed by atoms with Crippen LogP contribution < -0.4 is 5.32 Å². The van der Waals surface area contributed by atoms with Crippen LogP contribution >= 0.6 is 0 Å². The second-order valence-electron chi connectivity index (χ2n) is 4.49. The van der Waals surface area contributed by atoms with Crippen molar-refractivity contribution in [2.75, 3.05) is 6.54 Å². The monoisotopic (exact) mass is 263 g/mol. The molecule has 104 valence electrons. The number of halogens is 3. The average Bonchev–Trinajstić information content (AvgIpc) is 2.55. The van der Waals surface area contributed by atoms with Crippen molar-refractivity contribution in [1.29, 1.82) is 0 Å². The van der Waals surface area contributed by atoms with E-state index in [0.717, 1.165) is 23.6 Å². The van der Waals surface area contributed by atoms with Crippen molar-refractivity contribution in [2.45, 2.75) is 52.3 Å². The third kappa shape index (κ3) is 4.72. The van der Waals surface area contributed by atoms with Crippen molar-refractivity contribution >= 4 is 0 Å². The summed E-state index contributed by atoms with van der Waals surface area (Å²) >= 11 is 0. The molecule has 0 saturated heterocycles. The van der Waals surface area contributed by atoms with Crippen LogP contribution in [-0.2, 0) is 0 Å². The molecule has 0 aliphatic heterocycles. The van der Waals surface area contributed by atoms with E-state index in [4.69, 9.17) is 4.42 Å². The van der Waals surface area contributed by atoms with Gasteiger partial charge < -0.3 is 9.73 Å². The molecular formula is C13H20F3NO. The van der Waals surface area contributed by atoms with Gasteiger partial charge in [0, 0.05) is 18.0 Å². The molecule has 2 nitrogen and oxygen atoms in total. The van der Waals surface area contributed by atoms with E-state index in [2.05, 4.69) is 5.32 Å². The second-order valence-corrected chi connectivity index (χ2v) is 4.49. The third-order valence-electron chi connectivity index (χ3n) is 2.86. The van der Waals surface area contributed by atoms with E-state index in [1.54, 1.807) is 0 Å². The highest BCUT2D eigenvalue weighted by molar-refractivity contribution is 5.24. The summed E-state index contributed by atoms with van der Waals surface area (Å²) in [6, 6.07) is 1.84. The first-order chi connectivity index (χ1) is 8.33. The average molecular weight is 263 g/mol. The van der Waals surface area contributed by atoms with Crippen LogP contribution in [0.3, 0.4) is 0 Å². The fourth-order valence-electron chi connectivity index (χ4n) is 2.12. The molecule has 0 aliphatic rings. The van der Waals surface area contributed by atoms with E-state index < -0.39 is 12.6 Å². The van der Waals surface area contributed by atoms with Crippen LogP contribution in [0, 0.1) is 13.8 Å². The second kappa shape index (κ2) is 6.27. The van der Waals surface area contributed by atoms with Gasteiger partial charge >= 0.3 is 6.18 Å². The zero-order valence-electron chi connectivity index (χ0n) is 11.0. The van der Waals surface area contributed by atoms with Gasteiger partial charge in [-0.05, 0) is 39.3 Å². The van der Waals surface area contributed by atoms with E-state index in [-0.39, 0.29) is 12.5 Å². The van der Waals surface area contributed by atoms with Crippen LogP contribution in [0.2, 0.25) is 0 Å². The normalized spacial score (nSPS) is 13.9. The highest BCUT2D eigenvalue weighted by Crippen LogP contribution is 2.29. The summed E-state index contributed by atoms with van der Waals surface area (Å²) in [4.78, 5) is 0. The maximum Gasteiger partial charge on any atom is 0.389 e. The molecule has 0 radical (unpaired) electrons. The summed E-state index contributed by atoms with van der Waals surface area (Å²) < 4.78 is 41.8. The minimum Gasteiger partial charge on any atom is -0.466 e. The Bertz CT molecular complexity index is 371. The zero-order valence-corrected chi connectivity index (χ0v) is 11.0. The van der Waals surface area contributed by atoms with Crippen molar-refractivity contribution in [3.8, 4) is 0 Å².